The second kappa shape index (κ2) is 4.31. The van der Waals surface area contributed by atoms with Crippen LogP contribution in [0.15, 0.2) is 24.3 Å². The Morgan fingerprint density at radius 2 is 2.00 bits per heavy atom. The van der Waals surface area contributed by atoms with E-state index in [1.807, 2.05) is 24.3 Å². The van der Waals surface area contributed by atoms with Gasteiger partial charge in [0.2, 0.25) is 5.91 Å². The normalized spacial score (nSPS) is 20.9. The molecule has 4 nitrogen and oxygen atoms in total. The van der Waals surface area contributed by atoms with Crippen LogP contribution >= 0.6 is 0 Å². The fraction of sp³-hybridized carbons (Fsp3) is 0.364. The summed E-state index contributed by atoms with van der Waals surface area (Å²) in [4.78, 5) is 11.5. The molecule has 1 unspecified atom stereocenters. The van der Waals surface area contributed by atoms with Crippen LogP contribution in [0.2, 0.25) is 0 Å². The molecule has 0 saturated carbocycles. The minimum Gasteiger partial charge on any atom is -0.497 e. The molecule has 1 heterocycles. The smallest absolute Gasteiger partial charge is 0.241 e. The number of hydrogen-bond acceptors (Lipinski definition) is 3. The molecule has 1 aromatic rings. The highest BCUT2D eigenvalue weighted by Crippen LogP contribution is 2.18. The van der Waals surface area contributed by atoms with Gasteiger partial charge in [-0.2, -0.15) is 0 Å². The molecule has 0 spiro atoms. The van der Waals surface area contributed by atoms with Crippen molar-refractivity contribution in [1.29, 1.82) is 0 Å². The van der Waals surface area contributed by atoms with E-state index in [2.05, 4.69) is 10.6 Å². The van der Waals surface area contributed by atoms with Crippen LogP contribution in [0.25, 0.3) is 0 Å². The van der Waals surface area contributed by atoms with Crippen LogP contribution in [-0.4, -0.2) is 26.1 Å². The van der Waals surface area contributed by atoms with Gasteiger partial charge >= 0.3 is 0 Å². The lowest BCUT2D eigenvalue weighted by Crippen LogP contribution is -2.47. The molecule has 1 aliphatic heterocycles. The van der Waals surface area contributed by atoms with Gasteiger partial charge in [-0.25, -0.2) is 0 Å². The predicted octanol–water partition coefficient (Wildman–Crippen LogP) is 0.456. The Morgan fingerprint density at radius 3 is 2.60 bits per heavy atom. The van der Waals surface area contributed by atoms with Gasteiger partial charge in [-0.3, -0.25) is 4.79 Å². The molecule has 0 radical (unpaired) electrons. The molecule has 80 valence electrons. The largest absolute Gasteiger partial charge is 0.497 e. The van der Waals surface area contributed by atoms with Crippen molar-refractivity contribution < 1.29 is 9.53 Å². The van der Waals surface area contributed by atoms with Gasteiger partial charge in [0.1, 0.15) is 11.8 Å². The molecule has 0 bridgehead atoms. The molecule has 1 amide bonds. The fourth-order valence-electron chi connectivity index (χ4n) is 1.66. The lowest BCUT2D eigenvalue weighted by molar-refractivity contribution is -0.124. The molecule has 1 aliphatic rings. The molecular formula is C11H14N2O2. The van der Waals surface area contributed by atoms with E-state index in [1.54, 1.807) is 7.11 Å². The Labute approximate surface area is 88.6 Å². The summed E-state index contributed by atoms with van der Waals surface area (Å²) >= 11 is 0. The number of piperazine rings is 1. The van der Waals surface area contributed by atoms with Gasteiger partial charge in [0.05, 0.1) is 7.11 Å². The number of benzene rings is 1. The van der Waals surface area contributed by atoms with E-state index >= 15 is 0 Å². The van der Waals surface area contributed by atoms with Gasteiger partial charge in [0.15, 0.2) is 0 Å². The van der Waals surface area contributed by atoms with Crippen LogP contribution in [0.4, 0.5) is 0 Å². The van der Waals surface area contributed by atoms with Gasteiger partial charge in [0.25, 0.3) is 0 Å². The summed E-state index contributed by atoms with van der Waals surface area (Å²) in [6.45, 7) is 1.51. The van der Waals surface area contributed by atoms with Crippen molar-refractivity contribution in [2.24, 2.45) is 0 Å². The Kier molecular flexibility index (Phi) is 2.87. The summed E-state index contributed by atoms with van der Waals surface area (Å²) in [5.74, 6) is 0.835. The Bertz CT molecular complexity index is 348. The quantitative estimate of drug-likeness (QED) is 0.739. The first-order chi connectivity index (χ1) is 7.31. The zero-order chi connectivity index (χ0) is 10.7. The van der Waals surface area contributed by atoms with Gasteiger partial charge in [-0.15, -0.1) is 0 Å². The van der Waals surface area contributed by atoms with Crippen LogP contribution in [0.5, 0.6) is 5.75 Å². The third kappa shape index (κ3) is 2.10. The minimum atomic E-state index is -0.232. The maximum absolute atomic E-state index is 11.5. The molecule has 1 saturated heterocycles. The number of carbonyl (C=O) groups is 1. The number of methoxy groups -OCH3 is 1. The first kappa shape index (κ1) is 9.98. The second-order valence-electron chi connectivity index (χ2n) is 3.45. The van der Waals surface area contributed by atoms with Crippen molar-refractivity contribution in [3.05, 3.63) is 29.8 Å². The minimum absolute atomic E-state index is 0.0337. The molecule has 0 aromatic heterocycles. The predicted molar refractivity (Wildman–Crippen MR) is 56.7 cm³/mol. The monoisotopic (exact) mass is 206 g/mol. The van der Waals surface area contributed by atoms with Crippen molar-refractivity contribution >= 4 is 5.91 Å². The number of nitrogens with one attached hydrogen (secondary N) is 2. The topological polar surface area (TPSA) is 50.4 Å². The van der Waals surface area contributed by atoms with Crippen LogP contribution < -0.4 is 15.4 Å². The van der Waals surface area contributed by atoms with E-state index in [1.165, 1.54) is 0 Å². The van der Waals surface area contributed by atoms with Gasteiger partial charge in [-0.1, -0.05) is 12.1 Å². The Hall–Kier alpha value is -1.55. The zero-order valence-corrected chi connectivity index (χ0v) is 8.62. The number of carbonyl (C=O) groups excluding carboxylic acids is 1. The van der Waals surface area contributed by atoms with E-state index < -0.39 is 0 Å². The maximum atomic E-state index is 11.5. The van der Waals surface area contributed by atoms with E-state index in [0.717, 1.165) is 17.9 Å². The third-order valence-corrected chi connectivity index (χ3v) is 2.48. The SMILES string of the molecule is COc1ccc(C2NCCNC2=O)cc1. The molecule has 1 fully saturated rings. The molecule has 4 heteroatoms. The number of ether oxygens (including phenoxy) is 1. The standard InChI is InChI=1S/C11H14N2O2/c1-15-9-4-2-8(3-5-9)10-11(14)13-7-6-12-10/h2-5,10,12H,6-7H2,1H3,(H,13,14). The van der Waals surface area contributed by atoms with Crippen LogP contribution in [0.3, 0.4) is 0 Å². The van der Waals surface area contributed by atoms with E-state index in [0.29, 0.717) is 6.54 Å². The lowest BCUT2D eigenvalue weighted by Gasteiger charge is -2.23. The van der Waals surface area contributed by atoms with Crippen molar-refractivity contribution in [3.8, 4) is 5.75 Å². The number of amides is 1. The van der Waals surface area contributed by atoms with E-state index in [4.69, 9.17) is 4.74 Å². The van der Waals surface area contributed by atoms with Crippen LogP contribution in [-0.2, 0) is 4.79 Å². The van der Waals surface area contributed by atoms with Crippen LogP contribution in [0, 0.1) is 0 Å². The Balaban J connectivity index is 2.17. The molecule has 2 N–H and O–H groups in total. The lowest BCUT2D eigenvalue weighted by atomic mass is 10.0. The highest BCUT2D eigenvalue weighted by Gasteiger charge is 2.22. The van der Waals surface area contributed by atoms with Gasteiger partial charge < -0.3 is 15.4 Å². The molecule has 15 heavy (non-hydrogen) atoms. The zero-order valence-electron chi connectivity index (χ0n) is 8.62. The summed E-state index contributed by atoms with van der Waals surface area (Å²) < 4.78 is 5.06. The van der Waals surface area contributed by atoms with Crippen molar-refractivity contribution in [3.63, 3.8) is 0 Å². The Morgan fingerprint density at radius 1 is 1.27 bits per heavy atom. The van der Waals surface area contributed by atoms with Crippen molar-refractivity contribution in [2.75, 3.05) is 20.2 Å². The second-order valence-corrected chi connectivity index (χ2v) is 3.45. The average molecular weight is 206 g/mol. The molecule has 1 atom stereocenters. The first-order valence-corrected chi connectivity index (χ1v) is 4.96. The van der Waals surface area contributed by atoms with Crippen molar-refractivity contribution in [2.45, 2.75) is 6.04 Å². The number of rotatable bonds is 2. The van der Waals surface area contributed by atoms with E-state index in [9.17, 15) is 4.79 Å². The van der Waals surface area contributed by atoms with E-state index in [-0.39, 0.29) is 11.9 Å². The van der Waals surface area contributed by atoms with Gasteiger partial charge in [-0.05, 0) is 17.7 Å². The first-order valence-electron chi connectivity index (χ1n) is 4.96. The summed E-state index contributed by atoms with van der Waals surface area (Å²) in [5, 5.41) is 6.00. The third-order valence-electron chi connectivity index (χ3n) is 2.48. The summed E-state index contributed by atoms with van der Waals surface area (Å²) in [6, 6.07) is 7.30. The fourth-order valence-corrected chi connectivity index (χ4v) is 1.66. The summed E-state index contributed by atoms with van der Waals surface area (Å²) in [5.41, 5.74) is 0.966. The molecule has 0 aliphatic carbocycles. The maximum Gasteiger partial charge on any atom is 0.241 e. The molecular weight excluding hydrogens is 192 g/mol. The molecule has 2 rings (SSSR count). The van der Waals surface area contributed by atoms with Gasteiger partial charge in [0, 0.05) is 13.1 Å². The molecule has 1 aromatic carbocycles. The highest BCUT2D eigenvalue weighted by atomic mass is 16.5. The van der Waals surface area contributed by atoms with Crippen LogP contribution in [0.1, 0.15) is 11.6 Å². The number of hydrogen-bond donors (Lipinski definition) is 2. The van der Waals surface area contributed by atoms with Crippen molar-refractivity contribution in [1.82, 2.24) is 10.6 Å². The highest BCUT2D eigenvalue weighted by molar-refractivity contribution is 5.83. The summed E-state index contributed by atoms with van der Waals surface area (Å²) in [6.07, 6.45) is 0. The summed E-state index contributed by atoms with van der Waals surface area (Å²) in [7, 11) is 1.63. The average Bonchev–Trinajstić information content (AvgIpc) is 2.30.